The fourth-order valence-electron chi connectivity index (χ4n) is 2.69. The molecule has 3 nitrogen and oxygen atoms in total. The molecule has 1 saturated carbocycles. The third-order valence-corrected chi connectivity index (χ3v) is 3.67. The molecule has 1 aliphatic rings. The topological polar surface area (TPSA) is 35.5 Å². The molecule has 1 fully saturated rings. The van der Waals surface area contributed by atoms with Crippen molar-refractivity contribution >= 4 is 5.97 Å². The predicted molar refractivity (Wildman–Crippen MR) is 70.0 cm³/mol. The molecule has 0 heterocycles. The van der Waals surface area contributed by atoms with Crippen LogP contribution in [0.5, 0.6) is 5.75 Å². The summed E-state index contributed by atoms with van der Waals surface area (Å²) in [6, 6.07) is 5.77. The van der Waals surface area contributed by atoms with E-state index in [0.29, 0.717) is 11.3 Å². The van der Waals surface area contributed by atoms with E-state index in [1.165, 1.54) is 38.4 Å². The fraction of sp³-hybridized carbons (Fsp3) is 0.533. The first kappa shape index (κ1) is 12.9. The van der Waals surface area contributed by atoms with E-state index < -0.39 is 0 Å². The van der Waals surface area contributed by atoms with Crippen LogP contribution < -0.4 is 4.74 Å². The molecule has 0 spiro atoms. The molecule has 2 rings (SSSR count). The van der Waals surface area contributed by atoms with Crippen LogP contribution in [0, 0.1) is 5.92 Å². The zero-order valence-corrected chi connectivity index (χ0v) is 11.1. The van der Waals surface area contributed by atoms with Crippen molar-refractivity contribution in [3.8, 4) is 5.75 Å². The first-order valence-corrected chi connectivity index (χ1v) is 6.50. The van der Waals surface area contributed by atoms with Gasteiger partial charge in [0.05, 0.1) is 14.2 Å². The third-order valence-electron chi connectivity index (χ3n) is 3.67. The van der Waals surface area contributed by atoms with E-state index in [9.17, 15) is 4.79 Å². The number of hydrogen-bond acceptors (Lipinski definition) is 3. The summed E-state index contributed by atoms with van der Waals surface area (Å²) in [4.78, 5) is 11.5. The summed E-state index contributed by atoms with van der Waals surface area (Å²) in [5, 5.41) is 0. The maximum absolute atomic E-state index is 11.5. The SMILES string of the molecule is COC(=O)c1ccc(CC2CCCC2)cc1OC. The highest BCUT2D eigenvalue weighted by molar-refractivity contribution is 5.92. The number of carbonyl (C=O) groups is 1. The largest absolute Gasteiger partial charge is 0.496 e. The van der Waals surface area contributed by atoms with Gasteiger partial charge in [0.2, 0.25) is 0 Å². The van der Waals surface area contributed by atoms with Crippen molar-refractivity contribution in [3.05, 3.63) is 29.3 Å². The van der Waals surface area contributed by atoms with Crippen LogP contribution in [0.3, 0.4) is 0 Å². The summed E-state index contributed by atoms with van der Waals surface area (Å²) >= 11 is 0. The Morgan fingerprint density at radius 2 is 2.00 bits per heavy atom. The van der Waals surface area contributed by atoms with Gasteiger partial charge in [-0.1, -0.05) is 31.7 Å². The van der Waals surface area contributed by atoms with E-state index in [-0.39, 0.29) is 5.97 Å². The summed E-state index contributed by atoms with van der Waals surface area (Å²) in [7, 11) is 2.97. The number of rotatable bonds is 4. The highest BCUT2D eigenvalue weighted by atomic mass is 16.5. The first-order valence-electron chi connectivity index (χ1n) is 6.50. The number of ether oxygens (including phenoxy) is 2. The van der Waals surface area contributed by atoms with E-state index in [1.54, 1.807) is 13.2 Å². The van der Waals surface area contributed by atoms with Crippen molar-refractivity contribution in [2.24, 2.45) is 5.92 Å². The van der Waals surface area contributed by atoms with Crippen molar-refractivity contribution < 1.29 is 14.3 Å². The van der Waals surface area contributed by atoms with Crippen molar-refractivity contribution in [1.82, 2.24) is 0 Å². The molecule has 0 unspecified atom stereocenters. The van der Waals surface area contributed by atoms with E-state index in [0.717, 1.165) is 12.3 Å². The van der Waals surface area contributed by atoms with Gasteiger partial charge in [0.15, 0.2) is 0 Å². The second kappa shape index (κ2) is 5.89. The van der Waals surface area contributed by atoms with Crippen LogP contribution in [-0.4, -0.2) is 20.2 Å². The Morgan fingerprint density at radius 1 is 1.28 bits per heavy atom. The van der Waals surface area contributed by atoms with Gasteiger partial charge in [0.25, 0.3) is 0 Å². The monoisotopic (exact) mass is 248 g/mol. The van der Waals surface area contributed by atoms with Crippen molar-refractivity contribution in [1.29, 1.82) is 0 Å². The molecule has 0 radical (unpaired) electrons. The summed E-state index contributed by atoms with van der Waals surface area (Å²) in [5.74, 6) is 1.05. The lowest BCUT2D eigenvalue weighted by atomic mass is 9.97. The molecule has 0 aromatic heterocycles. The van der Waals surface area contributed by atoms with Crippen LogP contribution in [0.2, 0.25) is 0 Å². The molecule has 18 heavy (non-hydrogen) atoms. The third kappa shape index (κ3) is 2.84. The zero-order valence-electron chi connectivity index (χ0n) is 11.1. The molecule has 98 valence electrons. The van der Waals surface area contributed by atoms with Gasteiger partial charge in [0, 0.05) is 0 Å². The maximum Gasteiger partial charge on any atom is 0.341 e. The lowest BCUT2D eigenvalue weighted by Crippen LogP contribution is -2.05. The molecule has 0 aliphatic heterocycles. The maximum atomic E-state index is 11.5. The summed E-state index contributed by atoms with van der Waals surface area (Å²) < 4.78 is 10.0. The Bertz CT molecular complexity index is 420. The molecule has 0 atom stereocenters. The average Bonchev–Trinajstić information content (AvgIpc) is 2.90. The second-order valence-electron chi connectivity index (χ2n) is 4.88. The number of esters is 1. The number of carbonyl (C=O) groups excluding carboxylic acids is 1. The Morgan fingerprint density at radius 3 is 2.61 bits per heavy atom. The van der Waals surface area contributed by atoms with Gasteiger partial charge >= 0.3 is 5.97 Å². The minimum atomic E-state index is -0.348. The highest BCUT2D eigenvalue weighted by Crippen LogP contribution is 2.30. The Labute approximate surface area is 108 Å². The lowest BCUT2D eigenvalue weighted by Gasteiger charge is -2.12. The molecule has 0 amide bonds. The van der Waals surface area contributed by atoms with E-state index in [2.05, 4.69) is 0 Å². The number of methoxy groups -OCH3 is 2. The number of hydrogen-bond donors (Lipinski definition) is 0. The quantitative estimate of drug-likeness (QED) is 0.767. The van der Waals surface area contributed by atoms with E-state index in [1.807, 2.05) is 12.1 Å². The molecular weight excluding hydrogens is 228 g/mol. The molecule has 0 saturated heterocycles. The van der Waals surface area contributed by atoms with Gasteiger partial charge in [-0.05, 0) is 30.0 Å². The summed E-state index contributed by atoms with van der Waals surface area (Å²) in [6.45, 7) is 0. The zero-order chi connectivity index (χ0) is 13.0. The Balaban J connectivity index is 2.15. The summed E-state index contributed by atoms with van der Waals surface area (Å²) in [6.07, 6.45) is 6.42. The number of benzene rings is 1. The van der Waals surface area contributed by atoms with E-state index >= 15 is 0 Å². The molecule has 1 aliphatic carbocycles. The molecule has 0 bridgehead atoms. The van der Waals surface area contributed by atoms with Gasteiger partial charge in [-0.2, -0.15) is 0 Å². The lowest BCUT2D eigenvalue weighted by molar-refractivity contribution is 0.0597. The van der Waals surface area contributed by atoms with Crippen LogP contribution in [0.1, 0.15) is 41.6 Å². The highest BCUT2D eigenvalue weighted by Gasteiger charge is 2.17. The van der Waals surface area contributed by atoms with Crippen LogP contribution in [-0.2, 0) is 11.2 Å². The van der Waals surface area contributed by atoms with Gasteiger partial charge < -0.3 is 9.47 Å². The van der Waals surface area contributed by atoms with Crippen LogP contribution in [0.4, 0.5) is 0 Å². The molecule has 1 aromatic rings. The summed E-state index contributed by atoms with van der Waals surface area (Å²) in [5.41, 5.74) is 1.74. The van der Waals surface area contributed by atoms with Crippen LogP contribution in [0.15, 0.2) is 18.2 Å². The molecular formula is C15H20O3. The first-order chi connectivity index (χ1) is 8.74. The van der Waals surface area contributed by atoms with Gasteiger partial charge in [-0.25, -0.2) is 4.79 Å². The van der Waals surface area contributed by atoms with Crippen molar-refractivity contribution in [2.75, 3.05) is 14.2 Å². The predicted octanol–water partition coefficient (Wildman–Crippen LogP) is 3.21. The van der Waals surface area contributed by atoms with Gasteiger partial charge in [-0.15, -0.1) is 0 Å². The minimum Gasteiger partial charge on any atom is -0.496 e. The Kier molecular flexibility index (Phi) is 4.24. The minimum absolute atomic E-state index is 0.348. The van der Waals surface area contributed by atoms with Gasteiger partial charge in [0.1, 0.15) is 11.3 Å². The average molecular weight is 248 g/mol. The Hall–Kier alpha value is -1.51. The molecule has 1 aromatic carbocycles. The van der Waals surface area contributed by atoms with Crippen LogP contribution in [0.25, 0.3) is 0 Å². The smallest absolute Gasteiger partial charge is 0.341 e. The second-order valence-corrected chi connectivity index (χ2v) is 4.88. The molecule has 0 N–H and O–H groups in total. The standard InChI is InChI=1S/C15H20O3/c1-17-14-10-12(9-11-5-3-4-6-11)7-8-13(14)15(16)18-2/h7-8,10-11H,3-6,9H2,1-2H3. The van der Waals surface area contributed by atoms with E-state index in [4.69, 9.17) is 9.47 Å². The van der Waals surface area contributed by atoms with Crippen LogP contribution >= 0.6 is 0 Å². The van der Waals surface area contributed by atoms with Crippen molar-refractivity contribution in [2.45, 2.75) is 32.1 Å². The van der Waals surface area contributed by atoms with Crippen molar-refractivity contribution in [3.63, 3.8) is 0 Å². The van der Waals surface area contributed by atoms with Gasteiger partial charge in [-0.3, -0.25) is 0 Å². The fourth-order valence-corrected chi connectivity index (χ4v) is 2.69. The molecule has 3 heteroatoms. The normalized spacial score (nSPS) is 15.7.